The van der Waals surface area contributed by atoms with E-state index in [4.69, 9.17) is 14.6 Å². The van der Waals surface area contributed by atoms with Gasteiger partial charge in [0, 0.05) is 39.3 Å². The zero-order valence-electron chi connectivity index (χ0n) is 15.2. The third kappa shape index (κ3) is 5.59. The number of aliphatic carboxylic acids is 2. The van der Waals surface area contributed by atoms with Gasteiger partial charge < -0.3 is 19.7 Å². The van der Waals surface area contributed by atoms with Gasteiger partial charge in [-0.3, -0.25) is 34.0 Å². The molecular weight excluding hydrogens is 360 g/mol. The number of esters is 1. The van der Waals surface area contributed by atoms with Crippen molar-refractivity contribution in [2.75, 3.05) is 72.1 Å². The minimum absolute atomic E-state index is 0.106. The number of nitrogens with zero attached hydrogens (tertiary/aromatic N) is 4. The average Bonchev–Trinajstić information content (AvgIpc) is 3.14. The molecular formula is C16H26N4O7. The molecule has 0 aromatic carbocycles. The molecule has 152 valence electrons. The molecule has 2 N–H and O–H groups in total. The molecule has 0 aliphatic carbocycles. The number of hydrogen-bond donors (Lipinski definition) is 2. The quantitative estimate of drug-likeness (QED) is 0.503. The Morgan fingerprint density at radius 3 is 2.30 bits per heavy atom. The maximum Gasteiger partial charge on any atom is 0.321 e. The Morgan fingerprint density at radius 1 is 0.889 bits per heavy atom. The van der Waals surface area contributed by atoms with Crippen LogP contribution in [0.5, 0.6) is 0 Å². The topological polar surface area (TPSA) is 123 Å². The van der Waals surface area contributed by atoms with E-state index in [1.807, 2.05) is 4.90 Å². The van der Waals surface area contributed by atoms with Crippen LogP contribution < -0.4 is 0 Å². The van der Waals surface area contributed by atoms with Gasteiger partial charge in [-0.15, -0.1) is 0 Å². The fourth-order valence-electron chi connectivity index (χ4n) is 3.71. The van der Waals surface area contributed by atoms with Crippen molar-refractivity contribution in [1.29, 1.82) is 0 Å². The number of carbonyl (C=O) groups is 3. The number of carbonyl (C=O) groups excluding carboxylic acids is 1. The highest BCUT2D eigenvalue weighted by molar-refractivity contribution is 5.73. The SMILES string of the molecule is O=C(O)CN1CCN(CC(=O)O)CC2OC(=O)CN2CC2OCCN2CC1. The second kappa shape index (κ2) is 8.93. The van der Waals surface area contributed by atoms with Crippen molar-refractivity contribution < 1.29 is 34.1 Å². The third-order valence-corrected chi connectivity index (χ3v) is 5.06. The van der Waals surface area contributed by atoms with E-state index >= 15 is 0 Å². The Morgan fingerprint density at radius 2 is 1.56 bits per heavy atom. The van der Waals surface area contributed by atoms with E-state index in [0.717, 1.165) is 6.54 Å². The van der Waals surface area contributed by atoms with Crippen molar-refractivity contribution in [2.45, 2.75) is 12.5 Å². The summed E-state index contributed by atoms with van der Waals surface area (Å²) in [5.74, 6) is -2.23. The smallest absolute Gasteiger partial charge is 0.321 e. The van der Waals surface area contributed by atoms with Crippen LogP contribution in [0, 0.1) is 0 Å². The van der Waals surface area contributed by atoms with Crippen molar-refractivity contribution in [2.24, 2.45) is 0 Å². The van der Waals surface area contributed by atoms with E-state index < -0.39 is 18.2 Å². The summed E-state index contributed by atoms with van der Waals surface area (Å²) >= 11 is 0. The van der Waals surface area contributed by atoms with E-state index in [-0.39, 0.29) is 38.4 Å². The van der Waals surface area contributed by atoms with Gasteiger partial charge in [-0.2, -0.15) is 0 Å². The molecule has 3 saturated heterocycles. The average molecular weight is 386 g/mol. The normalized spacial score (nSPS) is 29.4. The lowest BCUT2D eigenvalue weighted by Crippen LogP contribution is -2.51. The summed E-state index contributed by atoms with van der Waals surface area (Å²) in [4.78, 5) is 41.7. The van der Waals surface area contributed by atoms with Gasteiger partial charge in [-0.25, -0.2) is 0 Å². The first-order valence-electron chi connectivity index (χ1n) is 9.08. The number of fused-ring (bicyclic) bond motifs is 2. The van der Waals surface area contributed by atoms with Gasteiger partial charge >= 0.3 is 17.9 Å². The highest BCUT2D eigenvalue weighted by atomic mass is 16.6. The molecule has 11 nitrogen and oxygen atoms in total. The molecule has 0 saturated carbocycles. The third-order valence-electron chi connectivity index (χ3n) is 5.06. The van der Waals surface area contributed by atoms with E-state index in [0.29, 0.717) is 39.3 Å². The summed E-state index contributed by atoms with van der Waals surface area (Å²) in [6.45, 7) is 3.91. The van der Waals surface area contributed by atoms with Gasteiger partial charge in [0.25, 0.3) is 0 Å². The van der Waals surface area contributed by atoms with Crippen LogP contribution in [0.15, 0.2) is 0 Å². The Kier molecular flexibility index (Phi) is 6.60. The Hall–Kier alpha value is -1.79. The van der Waals surface area contributed by atoms with Gasteiger partial charge in [0.2, 0.25) is 0 Å². The molecule has 3 aliphatic heterocycles. The van der Waals surface area contributed by atoms with Gasteiger partial charge in [-0.1, -0.05) is 0 Å². The molecule has 0 spiro atoms. The molecule has 0 radical (unpaired) electrons. The summed E-state index contributed by atoms with van der Waals surface area (Å²) in [5.41, 5.74) is 0. The lowest BCUT2D eigenvalue weighted by atomic mass is 10.3. The zero-order valence-corrected chi connectivity index (χ0v) is 15.2. The summed E-state index contributed by atoms with van der Waals surface area (Å²) < 4.78 is 11.2. The summed E-state index contributed by atoms with van der Waals surface area (Å²) in [6.07, 6.45) is -0.726. The standard InChI is InChI=1S/C16H26N4O7/c21-14(22)9-17-1-2-18(10-15(23)24)7-13-20(11-16(25)27-13)8-12-19(4-3-17)5-6-26-12/h12-13H,1-11H2,(H,21,22)(H,23,24). The zero-order chi connectivity index (χ0) is 19.4. The molecule has 0 aromatic heterocycles. The molecule has 3 aliphatic rings. The minimum atomic E-state index is -0.979. The van der Waals surface area contributed by atoms with Gasteiger partial charge in [-0.05, 0) is 0 Å². The van der Waals surface area contributed by atoms with Crippen molar-refractivity contribution in [3.8, 4) is 0 Å². The Balaban J connectivity index is 1.76. The molecule has 11 heteroatoms. The second-order valence-corrected chi connectivity index (χ2v) is 7.03. The van der Waals surface area contributed by atoms with Crippen molar-refractivity contribution in [1.82, 2.24) is 19.6 Å². The Labute approximate surface area is 157 Å². The van der Waals surface area contributed by atoms with Crippen LogP contribution in [0.25, 0.3) is 0 Å². The maximum absolute atomic E-state index is 11.8. The molecule has 3 heterocycles. The summed E-state index contributed by atoms with van der Waals surface area (Å²) in [5, 5.41) is 18.3. The first kappa shape index (κ1) is 20.0. The van der Waals surface area contributed by atoms with Crippen molar-refractivity contribution >= 4 is 17.9 Å². The lowest BCUT2D eigenvalue weighted by Gasteiger charge is -2.34. The molecule has 0 aromatic rings. The van der Waals surface area contributed by atoms with Crippen molar-refractivity contribution in [3.63, 3.8) is 0 Å². The fourth-order valence-corrected chi connectivity index (χ4v) is 3.71. The first-order chi connectivity index (χ1) is 12.9. The number of carboxylic acid groups (broad SMARTS) is 2. The van der Waals surface area contributed by atoms with E-state index in [1.54, 1.807) is 9.80 Å². The number of hydrogen-bond acceptors (Lipinski definition) is 9. The molecule has 0 amide bonds. The van der Waals surface area contributed by atoms with E-state index in [2.05, 4.69) is 4.90 Å². The van der Waals surface area contributed by atoms with Crippen LogP contribution >= 0.6 is 0 Å². The lowest BCUT2D eigenvalue weighted by molar-refractivity contribution is -0.144. The molecule has 3 rings (SSSR count). The number of ether oxygens (including phenoxy) is 2. The van der Waals surface area contributed by atoms with E-state index in [1.165, 1.54) is 0 Å². The summed E-state index contributed by atoms with van der Waals surface area (Å²) in [7, 11) is 0. The van der Waals surface area contributed by atoms with Gasteiger partial charge in [0.15, 0.2) is 6.23 Å². The van der Waals surface area contributed by atoms with Gasteiger partial charge in [0.05, 0.1) is 26.2 Å². The summed E-state index contributed by atoms with van der Waals surface area (Å²) in [6, 6.07) is 0. The largest absolute Gasteiger partial charge is 0.480 e. The first-order valence-corrected chi connectivity index (χ1v) is 9.08. The predicted octanol–water partition coefficient (Wildman–Crippen LogP) is -2.38. The highest BCUT2D eigenvalue weighted by Gasteiger charge is 2.38. The molecule has 2 unspecified atom stereocenters. The monoisotopic (exact) mass is 386 g/mol. The fraction of sp³-hybridized carbons (Fsp3) is 0.812. The van der Waals surface area contributed by atoms with Crippen LogP contribution in [0.4, 0.5) is 0 Å². The van der Waals surface area contributed by atoms with Crippen molar-refractivity contribution in [3.05, 3.63) is 0 Å². The molecule has 3 fully saturated rings. The maximum atomic E-state index is 11.8. The highest BCUT2D eigenvalue weighted by Crippen LogP contribution is 2.19. The van der Waals surface area contributed by atoms with Gasteiger partial charge in [0.1, 0.15) is 12.8 Å². The molecule has 0 bridgehead atoms. The Bertz CT molecular complexity index is 575. The molecule has 2 atom stereocenters. The van der Waals surface area contributed by atoms with Crippen LogP contribution in [0.3, 0.4) is 0 Å². The van der Waals surface area contributed by atoms with Crippen LogP contribution in [0.2, 0.25) is 0 Å². The van der Waals surface area contributed by atoms with Crippen LogP contribution in [-0.4, -0.2) is 132 Å². The second-order valence-electron chi connectivity index (χ2n) is 7.03. The molecule has 27 heavy (non-hydrogen) atoms. The van der Waals surface area contributed by atoms with Crippen LogP contribution in [0.1, 0.15) is 0 Å². The number of carboxylic acids is 2. The van der Waals surface area contributed by atoms with Crippen LogP contribution in [-0.2, 0) is 23.9 Å². The minimum Gasteiger partial charge on any atom is -0.480 e. The number of rotatable bonds is 4. The predicted molar refractivity (Wildman–Crippen MR) is 90.9 cm³/mol. The van der Waals surface area contributed by atoms with E-state index in [9.17, 15) is 19.5 Å².